The van der Waals surface area contributed by atoms with Gasteiger partial charge in [-0.3, -0.25) is 5.10 Å². The van der Waals surface area contributed by atoms with Gasteiger partial charge in [-0.15, -0.1) is 0 Å². The van der Waals surface area contributed by atoms with Gasteiger partial charge in [0.25, 0.3) is 0 Å². The molecule has 1 aromatic carbocycles. The number of H-pyrrole nitrogens is 1. The molecule has 0 aliphatic carbocycles. The third-order valence-corrected chi connectivity index (χ3v) is 2.91. The number of nitrogens with one attached hydrogen (secondary N) is 2. The van der Waals surface area contributed by atoms with E-state index in [1.165, 1.54) is 6.07 Å². The molecule has 2 aromatic rings. The zero-order valence-corrected chi connectivity index (χ0v) is 10.7. The number of rotatable bonds is 3. The van der Waals surface area contributed by atoms with Crippen LogP contribution >= 0.6 is 0 Å². The molecule has 1 heterocycles. The highest BCUT2D eigenvalue weighted by Gasteiger charge is 2.12. The Morgan fingerprint density at radius 3 is 2.28 bits per heavy atom. The Morgan fingerprint density at radius 1 is 1.17 bits per heavy atom. The first-order chi connectivity index (χ1) is 8.47. The summed E-state index contributed by atoms with van der Waals surface area (Å²) in [5, 5.41) is 29.3. The molecule has 18 heavy (non-hydrogen) atoms. The summed E-state index contributed by atoms with van der Waals surface area (Å²) in [5.41, 5.74) is 3.62. The van der Waals surface area contributed by atoms with Gasteiger partial charge in [0, 0.05) is 12.1 Å². The van der Waals surface area contributed by atoms with Crippen molar-refractivity contribution in [3.63, 3.8) is 0 Å². The van der Waals surface area contributed by atoms with Gasteiger partial charge in [0.15, 0.2) is 0 Å². The van der Waals surface area contributed by atoms with E-state index >= 15 is 0 Å². The van der Waals surface area contributed by atoms with Gasteiger partial charge in [0.05, 0.1) is 17.1 Å². The summed E-state index contributed by atoms with van der Waals surface area (Å²) in [5.74, 6) is 0.110. The largest absolute Gasteiger partial charge is 0.508 e. The van der Waals surface area contributed by atoms with Crippen LogP contribution in [-0.4, -0.2) is 20.4 Å². The van der Waals surface area contributed by atoms with Crippen molar-refractivity contribution in [2.45, 2.75) is 26.8 Å². The fourth-order valence-electron chi connectivity index (χ4n) is 1.93. The van der Waals surface area contributed by atoms with Crippen LogP contribution in [0.3, 0.4) is 0 Å². The summed E-state index contributed by atoms with van der Waals surface area (Å²) in [6.45, 7) is 5.81. The summed E-state index contributed by atoms with van der Waals surface area (Å²) in [6, 6.07) is 4.52. The van der Waals surface area contributed by atoms with Gasteiger partial charge in [0.2, 0.25) is 0 Å². The molecule has 0 aliphatic rings. The molecule has 4 N–H and O–H groups in total. The van der Waals surface area contributed by atoms with E-state index in [1.54, 1.807) is 12.1 Å². The van der Waals surface area contributed by atoms with Crippen molar-refractivity contribution >= 4 is 5.69 Å². The second-order valence-electron chi connectivity index (χ2n) is 4.46. The molecule has 0 bridgehead atoms. The molecule has 0 aliphatic heterocycles. The van der Waals surface area contributed by atoms with Crippen molar-refractivity contribution in [1.29, 1.82) is 0 Å². The second-order valence-corrected chi connectivity index (χ2v) is 4.46. The van der Waals surface area contributed by atoms with Crippen LogP contribution in [0.2, 0.25) is 0 Å². The highest BCUT2D eigenvalue weighted by molar-refractivity contribution is 5.53. The smallest absolute Gasteiger partial charge is 0.119 e. The molecule has 0 spiro atoms. The Labute approximate surface area is 105 Å². The van der Waals surface area contributed by atoms with Crippen molar-refractivity contribution < 1.29 is 10.2 Å². The van der Waals surface area contributed by atoms with Gasteiger partial charge in [-0.25, -0.2) is 0 Å². The summed E-state index contributed by atoms with van der Waals surface area (Å²) in [6.07, 6.45) is 0. The number of phenolic OH excluding ortho intramolecular Hbond substituents is 2. The minimum atomic E-state index is -0.0435. The van der Waals surface area contributed by atoms with Gasteiger partial charge in [-0.1, -0.05) is 0 Å². The maximum absolute atomic E-state index is 9.47. The first-order valence-electron chi connectivity index (χ1n) is 5.78. The van der Waals surface area contributed by atoms with Crippen LogP contribution in [0.5, 0.6) is 11.5 Å². The molecule has 1 aromatic heterocycles. The van der Waals surface area contributed by atoms with Crippen LogP contribution in [0.15, 0.2) is 18.2 Å². The van der Waals surface area contributed by atoms with E-state index < -0.39 is 0 Å². The molecule has 5 nitrogen and oxygen atoms in total. The molecule has 5 heteroatoms. The van der Waals surface area contributed by atoms with E-state index in [0.29, 0.717) is 0 Å². The van der Waals surface area contributed by atoms with Crippen LogP contribution in [0.1, 0.15) is 29.9 Å². The van der Waals surface area contributed by atoms with Gasteiger partial charge >= 0.3 is 0 Å². The van der Waals surface area contributed by atoms with E-state index in [4.69, 9.17) is 0 Å². The van der Waals surface area contributed by atoms with Gasteiger partial charge in [-0.05, 0) is 38.5 Å². The molecule has 1 atom stereocenters. The Kier molecular flexibility index (Phi) is 3.14. The predicted molar refractivity (Wildman–Crippen MR) is 69.9 cm³/mol. The summed E-state index contributed by atoms with van der Waals surface area (Å²) < 4.78 is 0. The lowest BCUT2D eigenvalue weighted by molar-refractivity contribution is 0.448. The molecule has 96 valence electrons. The molecule has 0 radical (unpaired) electrons. The number of hydrogen-bond donors (Lipinski definition) is 4. The Balaban J connectivity index is 2.24. The zero-order chi connectivity index (χ0) is 13.3. The highest BCUT2D eigenvalue weighted by Crippen LogP contribution is 2.28. The number of nitrogens with zero attached hydrogens (tertiary/aromatic N) is 1. The van der Waals surface area contributed by atoms with Crippen molar-refractivity contribution in [2.24, 2.45) is 0 Å². The number of anilines is 1. The molecule has 1 unspecified atom stereocenters. The van der Waals surface area contributed by atoms with E-state index in [-0.39, 0.29) is 17.5 Å². The minimum Gasteiger partial charge on any atom is -0.508 e. The van der Waals surface area contributed by atoms with E-state index in [9.17, 15) is 10.2 Å². The average Bonchev–Trinajstić information content (AvgIpc) is 2.59. The fraction of sp³-hybridized carbons (Fsp3) is 0.308. The molecule has 0 fully saturated rings. The molecule has 2 rings (SSSR count). The predicted octanol–water partition coefficient (Wildman–Crippen LogP) is 2.61. The lowest BCUT2D eigenvalue weighted by Gasteiger charge is -2.16. The number of hydrogen-bond acceptors (Lipinski definition) is 4. The van der Waals surface area contributed by atoms with E-state index in [2.05, 4.69) is 15.5 Å². The first-order valence-corrected chi connectivity index (χ1v) is 5.78. The average molecular weight is 247 g/mol. The van der Waals surface area contributed by atoms with Crippen molar-refractivity contribution in [3.8, 4) is 11.5 Å². The first kappa shape index (κ1) is 12.3. The van der Waals surface area contributed by atoms with Crippen molar-refractivity contribution in [1.82, 2.24) is 10.2 Å². The maximum Gasteiger partial charge on any atom is 0.119 e. The van der Waals surface area contributed by atoms with Crippen LogP contribution < -0.4 is 5.32 Å². The number of aromatic amines is 1. The third kappa shape index (κ3) is 2.40. The van der Waals surface area contributed by atoms with Crippen molar-refractivity contribution in [2.75, 3.05) is 5.32 Å². The second kappa shape index (κ2) is 4.60. The van der Waals surface area contributed by atoms with Crippen LogP contribution in [0, 0.1) is 13.8 Å². The van der Waals surface area contributed by atoms with Crippen molar-refractivity contribution in [3.05, 3.63) is 35.2 Å². The van der Waals surface area contributed by atoms with E-state index in [0.717, 1.165) is 22.6 Å². The highest BCUT2D eigenvalue weighted by atomic mass is 16.3. The lowest BCUT2D eigenvalue weighted by atomic mass is 10.1. The molecule has 0 amide bonds. The Bertz CT molecular complexity index is 524. The fourth-order valence-corrected chi connectivity index (χ4v) is 1.93. The zero-order valence-electron chi connectivity index (χ0n) is 10.7. The van der Waals surface area contributed by atoms with Gasteiger partial charge in [0.1, 0.15) is 11.5 Å². The number of benzene rings is 1. The minimum absolute atomic E-state index is 0.0435. The van der Waals surface area contributed by atoms with E-state index in [1.807, 2.05) is 20.8 Å². The monoisotopic (exact) mass is 247 g/mol. The number of phenols is 2. The molecule has 0 saturated carbocycles. The molecule has 0 saturated heterocycles. The SMILES string of the molecule is Cc1n[nH]c(C)c1NC(C)c1cc(O)cc(O)c1. The topological polar surface area (TPSA) is 81.2 Å². The molecular weight excluding hydrogens is 230 g/mol. The summed E-state index contributed by atoms with van der Waals surface area (Å²) in [7, 11) is 0. The van der Waals surface area contributed by atoms with Crippen LogP contribution in [0.4, 0.5) is 5.69 Å². The standard InChI is InChI=1S/C13H17N3O2/c1-7(10-4-11(17)6-12(18)5-10)14-13-8(2)15-16-9(13)3/h4-7,14,17-18H,1-3H3,(H,15,16). The Morgan fingerprint density at radius 2 is 1.78 bits per heavy atom. The summed E-state index contributed by atoms with van der Waals surface area (Å²) in [4.78, 5) is 0. The Hall–Kier alpha value is -2.17. The maximum atomic E-state index is 9.47. The van der Waals surface area contributed by atoms with Gasteiger partial charge < -0.3 is 15.5 Å². The van der Waals surface area contributed by atoms with Crippen LogP contribution in [-0.2, 0) is 0 Å². The number of aromatic hydroxyl groups is 2. The lowest BCUT2D eigenvalue weighted by Crippen LogP contribution is -2.07. The third-order valence-electron chi connectivity index (χ3n) is 2.91. The number of aromatic nitrogens is 2. The normalized spacial score (nSPS) is 12.4. The summed E-state index contributed by atoms with van der Waals surface area (Å²) >= 11 is 0. The quantitative estimate of drug-likeness (QED) is 0.672. The van der Waals surface area contributed by atoms with Gasteiger partial charge in [-0.2, -0.15) is 5.10 Å². The molecular formula is C13H17N3O2. The number of aryl methyl sites for hydroxylation is 2. The van der Waals surface area contributed by atoms with Crippen LogP contribution in [0.25, 0.3) is 0 Å².